The zero-order valence-electron chi connectivity index (χ0n) is 14.7. The van der Waals surface area contributed by atoms with Crippen LogP contribution in [0.25, 0.3) is 38.6 Å². The monoisotopic (exact) mass is 331 g/mol. The Kier molecular flexibility index (Phi) is 3.43. The van der Waals surface area contributed by atoms with E-state index in [4.69, 9.17) is 0 Å². The summed E-state index contributed by atoms with van der Waals surface area (Å²) in [5, 5.41) is 2.59. The minimum atomic E-state index is 1.19. The Bertz CT molecular complexity index is 1180. The zero-order chi connectivity index (χ0) is 17.5. The van der Waals surface area contributed by atoms with Crippen molar-refractivity contribution < 1.29 is 0 Å². The van der Waals surface area contributed by atoms with Gasteiger partial charge in [-0.15, -0.1) is 0 Å². The molecule has 0 saturated heterocycles. The van der Waals surface area contributed by atoms with Crippen LogP contribution in [-0.4, -0.2) is 12.4 Å². The van der Waals surface area contributed by atoms with E-state index in [0.717, 1.165) is 0 Å². The molecule has 1 aromatic heterocycles. The largest absolute Gasteiger partial charge is 0.309 e. The van der Waals surface area contributed by atoms with Gasteiger partial charge in [0.2, 0.25) is 0 Å². The molecule has 0 saturated carbocycles. The maximum Gasteiger partial charge on any atom is 0.139 e. The Morgan fingerprint density at radius 2 is 1.15 bits per heavy atom. The zero-order valence-corrected chi connectivity index (χ0v) is 14.7. The van der Waals surface area contributed by atoms with Gasteiger partial charge in [-0.2, -0.15) is 0 Å². The molecule has 0 aliphatic carbocycles. The van der Waals surface area contributed by atoms with Crippen LogP contribution >= 0.6 is 0 Å². The summed E-state index contributed by atoms with van der Waals surface area (Å²) >= 11 is 0. The molecule has 0 spiro atoms. The van der Waals surface area contributed by atoms with Gasteiger partial charge in [0.25, 0.3) is 0 Å². The van der Waals surface area contributed by atoms with Crippen LogP contribution in [0.15, 0.2) is 97.1 Å². The second-order valence-corrected chi connectivity index (χ2v) is 6.79. The average molecular weight is 331 g/mol. The summed E-state index contributed by atoms with van der Waals surface area (Å²) < 4.78 is 2.35. The first kappa shape index (κ1) is 15.0. The van der Waals surface area contributed by atoms with E-state index in [-0.39, 0.29) is 0 Å². The van der Waals surface area contributed by atoms with Gasteiger partial charge >= 0.3 is 0 Å². The third-order valence-electron chi connectivity index (χ3n) is 5.06. The van der Waals surface area contributed by atoms with Gasteiger partial charge in [-0.25, -0.2) is 0 Å². The van der Waals surface area contributed by atoms with Gasteiger partial charge in [-0.05, 0) is 35.4 Å². The quantitative estimate of drug-likeness (QED) is 0.413. The molecular formula is C24H18BN. The van der Waals surface area contributed by atoms with Crippen LogP contribution in [0.3, 0.4) is 0 Å². The Morgan fingerprint density at radius 3 is 1.77 bits per heavy atom. The minimum Gasteiger partial charge on any atom is -0.309 e. The van der Waals surface area contributed by atoms with E-state index in [1.54, 1.807) is 0 Å². The number of hydrogen-bond donors (Lipinski definition) is 0. The van der Waals surface area contributed by atoms with Crippen molar-refractivity contribution in [1.29, 1.82) is 0 Å². The Morgan fingerprint density at radius 1 is 0.538 bits per heavy atom. The molecule has 26 heavy (non-hydrogen) atoms. The molecule has 0 bridgehead atoms. The van der Waals surface area contributed by atoms with E-state index in [1.807, 2.05) is 0 Å². The lowest BCUT2D eigenvalue weighted by Crippen LogP contribution is -2.00. The van der Waals surface area contributed by atoms with Crippen LogP contribution in [0.4, 0.5) is 0 Å². The molecule has 0 unspecified atom stereocenters. The van der Waals surface area contributed by atoms with E-state index in [1.165, 1.54) is 44.1 Å². The summed E-state index contributed by atoms with van der Waals surface area (Å²) in [6, 6.07) is 34.8. The lowest BCUT2D eigenvalue weighted by molar-refractivity contribution is 1.18. The van der Waals surface area contributed by atoms with Gasteiger partial charge in [-0.1, -0.05) is 78.3 Å². The lowest BCUT2D eigenvalue weighted by atomic mass is 9.92. The highest BCUT2D eigenvalue weighted by Crippen LogP contribution is 2.32. The fourth-order valence-corrected chi connectivity index (χ4v) is 3.83. The standard InChI is InChI=1S/C24H18BN/c25-19-7-5-6-18(16-19)17-12-14-20(15-13-17)26-23-10-3-1-8-21(23)22-9-2-4-11-24(22)26/h1-16H,25H2. The number of para-hydroxylation sites is 2. The normalized spacial score (nSPS) is 11.2. The fourth-order valence-electron chi connectivity index (χ4n) is 3.83. The summed E-state index contributed by atoms with van der Waals surface area (Å²) in [7, 11) is 2.13. The number of aromatic nitrogens is 1. The molecule has 0 fully saturated rings. The van der Waals surface area contributed by atoms with Gasteiger partial charge in [0.1, 0.15) is 7.85 Å². The molecule has 0 amide bonds. The average Bonchev–Trinajstić information content (AvgIpc) is 3.03. The van der Waals surface area contributed by atoms with Crippen LogP contribution in [0.5, 0.6) is 0 Å². The highest BCUT2D eigenvalue weighted by molar-refractivity contribution is 6.32. The number of hydrogen-bond acceptors (Lipinski definition) is 0. The molecular weight excluding hydrogens is 313 g/mol. The van der Waals surface area contributed by atoms with Gasteiger partial charge in [0.15, 0.2) is 0 Å². The summed E-state index contributed by atoms with van der Waals surface area (Å²) in [5.41, 5.74) is 7.48. The van der Waals surface area contributed by atoms with Crippen LogP contribution in [0, 0.1) is 0 Å². The molecule has 1 nitrogen and oxygen atoms in total. The molecule has 0 radical (unpaired) electrons. The molecule has 5 aromatic rings. The van der Waals surface area contributed by atoms with Crippen LogP contribution in [0.1, 0.15) is 0 Å². The van der Waals surface area contributed by atoms with Crippen molar-refractivity contribution in [2.45, 2.75) is 0 Å². The van der Waals surface area contributed by atoms with E-state index in [9.17, 15) is 0 Å². The molecule has 0 aliphatic heterocycles. The number of rotatable bonds is 2. The maximum absolute atomic E-state index is 2.35. The highest BCUT2D eigenvalue weighted by Gasteiger charge is 2.11. The van der Waals surface area contributed by atoms with Crippen molar-refractivity contribution in [3.63, 3.8) is 0 Å². The minimum absolute atomic E-state index is 1.19. The fraction of sp³-hybridized carbons (Fsp3) is 0. The SMILES string of the molecule is Bc1cccc(-c2ccc(-n3c4ccccc4c4ccccc43)cc2)c1. The second-order valence-electron chi connectivity index (χ2n) is 6.79. The van der Waals surface area contributed by atoms with Crippen molar-refractivity contribution >= 4 is 35.1 Å². The molecule has 2 heteroatoms. The van der Waals surface area contributed by atoms with Crippen molar-refractivity contribution in [1.82, 2.24) is 4.57 Å². The third-order valence-corrected chi connectivity index (χ3v) is 5.06. The summed E-state index contributed by atoms with van der Waals surface area (Å²) in [5.74, 6) is 0. The molecule has 5 rings (SSSR count). The molecule has 1 heterocycles. The van der Waals surface area contributed by atoms with E-state index >= 15 is 0 Å². The van der Waals surface area contributed by atoms with E-state index in [2.05, 4.69) is 109 Å². The predicted octanol–water partition coefficient (Wildman–Crippen LogP) is 4.71. The van der Waals surface area contributed by atoms with Crippen LogP contribution in [0.2, 0.25) is 0 Å². The summed E-state index contributed by atoms with van der Waals surface area (Å²) in [6.07, 6.45) is 0. The first-order chi connectivity index (χ1) is 12.8. The van der Waals surface area contributed by atoms with Gasteiger partial charge in [-0.3, -0.25) is 0 Å². The predicted molar refractivity (Wildman–Crippen MR) is 114 cm³/mol. The van der Waals surface area contributed by atoms with Crippen molar-refractivity contribution in [2.75, 3.05) is 0 Å². The maximum atomic E-state index is 2.35. The number of fused-ring (bicyclic) bond motifs is 3. The lowest BCUT2D eigenvalue weighted by Gasteiger charge is -2.09. The van der Waals surface area contributed by atoms with Crippen molar-refractivity contribution in [2.24, 2.45) is 0 Å². The molecule has 0 aliphatic rings. The first-order valence-corrected chi connectivity index (χ1v) is 8.97. The summed E-state index contributed by atoms with van der Waals surface area (Å²) in [6.45, 7) is 0. The Balaban J connectivity index is 1.70. The van der Waals surface area contributed by atoms with Crippen LogP contribution in [-0.2, 0) is 0 Å². The van der Waals surface area contributed by atoms with Crippen molar-refractivity contribution in [3.8, 4) is 16.8 Å². The van der Waals surface area contributed by atoms with E-state index in [0.29, 0.717) is 0 Å². The third kappa shape index (κ3) is 2.34. The molecule has 122 valence electrons. The Labute approximate surface area is 153 Å². The summed E-state index contributed by atoms with van der Waals surface area (Å²) in [4.78, 5) is 0. The van der Waals surface area contributed by atoms with Gasteiger partial charge in [0, 0.05) is 16.5 Å². The molecule has 4 aromatic carbocycles. The van der Waals surface area contributed by atoms with Crippen molar-refractivity contribution in [3.05, 3.63) is 97.1 Å². The van der Waals surface area contributed by atoms with E-state index < -0.39 is 0 Å². The first-order valence-electron chi connectivity index (χ1n) is 8.97. The Hall–Kier alpha value is -3.26. The highest BCUT2D eigenvalue weighted by atomic mass is 15.0. The van der Waals surface area contributed by atoms with Gasteiger partial charge in [0.05, 0.1) is 11.0 Å². The smallest absolute Gasteiger partial charge is 0.139 e. The molecule has 0 N–H and O–H groups in total. The number of benzene rings is 4. The van der Waals surface area contributed by atoms with Crippen LogP contribution < -0.4 is 5.46 Å². The topological polar surface area (TPSA) is 4.93 Å². The second kappa shape index (κ2) is 5.92. The number of nitrogens with zero attached hydrogens (tertiary/aromatic N) is 1. The van der Waals surface area contributed by atoms with Gasteiger partial charge < -0.3 is 4.57 Å². The molecule has 0 atom stereocenters.